The Bertz CT molecular complexity index is 258. The van der Waals surface area contributed by atoms with Gasteiger partial charge in [0.05, 0.1) is 5.60 Å². The summed E-state index contributed by atoms with van der Waals surface area (Å²) in [6.07, 6.45) is 9.03. The van der Waals surface area contributed by atoms with E-state index in [1.54, 1.807) is 0 Å². The zero-order chi connectivity index (χ0) is 13.7. The molecule has 0 amide bonds. The van der Waals surface area contributed by atoms with Gasteiger partial charge in [0.1, 0.15) is 0 Å². The third-order valence-corrected chi connectivity index (χ3v) is 6.19. The Kier molecular flexibility index (Phi) is 6.04. The highest BCUT2D eigenvalue weighted by atomic mass is 32.2. The fourth-order valence-electron chi connectivity index (χ4n) is 3.55. The van der Waals surface area contributed by atoms with Gasteiger partial charge in [0.2, 0.25) is 0 Å². The van der Waals surface area contributed by atoms with E-state index in [9.17, 15) is 0 Å². The highest BCUT2D eigenvalue weighted by Gasteiger charge is 2.39. The standard InChI is InChI=1S/C16H31NOS/c1-13(2)11-19-12-15(17)14-6-9-18-16(10-14)7-4-3-5-8-16/h13-15H,3-12,17H2,1-2H3. The molecule has 1 saturated carbocycles. The van der Waals surface area contributed by atoms with Crippen molar-refractivity contribution in [3.63, 3.8) is 0 Å². The van der Waals surface area contributed by atoms with Crippen LogP contribution < -0.4 is 5.73 Å². The molecule has 1 aliphatic carbocycles. The average Bonchev–Trinajstić information content (AvgIpc) is 2.39. The van der Waals surface area contributed by atoms with E-state index >= 15 is 0 Å². The van der Waals surface area contributed by atoms with Crippen LogP contribution in [0.2, 0.25) is 0 Å². The van der Waals surface area contributed by atoms with Crippen LogP contribution in [0.4, 0.5) is 0 Å². The van der Waals surface area contributed by atoms with Crippen molar-refractivity contribution < 1.29 is 4.74 Å². The van der Waals surface area contributed by atoms with Crippen LogP contribution in [-0.4, -0.2) is 29.8 Å². The van der Waals surface area contributed by atoms with E-state index < -0.39 is 0 Å². The predicted octanol–water partition coefficient (Wildman–Crippen LogP) is 3.83. The van der Waals surface area contributed by atoms with Crippen molar-refractivity contribution in [2.24, 2.45) is 17.6 Å². The second kappa shape index (κ2) is 7.33. The summed E-state index contributed by atoms with van der Waals surface area (Å²) in [5.74, 6) is 3.82. The lowest BCUT2D eigenvalue weighted by Crippen LogP contribution is -2.47. The molecule has 1 spiro atoms. The zero-order valence-corrected chi connectivity index (χ0v) is 13.5. The first-order chi connectivity index (χ1) is 9.11. The largest absolute Gasteiger partial charge is 0.375 e. The molecule has 19 heavy (non-hydrogen) atoms. The first kappa shape index (κ1) is 15.7. The zero-order valence-electron chi connectivity index (χ0n) is 12.7. The van der Waals surface area contributed by atoms with Crippen molar-refractivity contribution in [1.29, 1.82) is 0 Å². The van der Waals surface area contributed by atoms with Crippen LogP contribution in [0.3, 0.4) is 0 Å². The minimum atomic E-state index is 0.210. The Balaban J connectivity index is 1.79. The molecule has 1 aliphatic heterocycles. The molecule has 0 aromatic carbocycles. The molecule has 2 atom stereocenters. The SMILES string of the molecule is CC(C)CSCC(N)C1CCOC2(CCCCC2)C1. The Morgan fingerprint density at radius 1 is 1.21 bits per heavy atom. The van der Waals surface area contributed by atoms with Crippen molar-refractivity contribution in [2.45, 2.75) is 70.4 Å². The van der Waals surface area contributed by atoms with Crippen molar-refractivity contribution in [2.75, 3.05) is 18.1 Å². The monoisotopic (exact) mass is 285 g/mol. The lowest BCUT2D eigenvalue weighted by molar-refractivity contribution is -0.119. The van der Waals surface area contributed by atoms with E-state index in [-0.39, 0.29) is 5.60 Å². The van der Waals surface area contributed by atoms with Crippen LogP contribution in [0.25, 0.3) is 0 Å². The van der Waals surface area contributed by atoms with E-state index in [1.807, 2.05) is 11.8 Å². The summed E-state index contributed by atoms with van der Waals surface area (Å²) in [5.41, 5.74) is 6.66. The van der Waals surface area contributed by atoms with Crippen LogP contribution in [0.5, 0.6) is 0 Å². The molecule has 2 rings (SSSR count). The third-order valence-electron chi connectivity index (χ3n) is 4.66. The van der Waals surface area contributed by atoms with Gasteiger partial charge >= 0.3 is 0 Å². The smallest absolute Gasteiger partial charge is 0.0685 e. The number of thioether (sulfide) groups is 1. The molecule has 112 valence electrons. The van der Waals surface area contributed by atoms with Gasteiger partial charge in [-0.2, -0.15) is 11.8 Å². The molecule has 2 unspecified atom stereocenters. The lowest BCUT2D eigenvalue weighted by Gasteiger charge is -2.45. The second-order valence-corrected chi connectivity index (χ2v) is 8.02. The van der Waals surface area contributed by atoms with Crippen LogP contribution in [0, 0.1) is 11.8 Å². The van der Waals surface area contributed by atoms with Crippen molar-refractivity contribution in [3.8, 4) is 0 Å². The quantitative estimate of drug-likeness (QED) is 0.833. The van der Waals surface area contributed by atoms with E-state index in [1.165, 1.54) is 50.7 Å². The van der Waals surface area contributed by atoms with E-state index in [4.69, 9.17) is 10.5 Å². The number of ether oxygens (including phenoxy) is 1. The van der Waals surface area contributed by atoms with Crippen LogP contribution >= 0.6 is 11.8 Å². The predicted molar refractivity (Wildman–Crippen MR) is 84.6 cm³/mol. The summed E-state index contributed by atoms with van der Waals surface area (Å²) >= 11 is 2.03. The highest BCUT2D eigenvalue weighted by molar-refractivity contribution is 7.99. The van der Waals surface area contributed by atoms with Gasteiger partial charge < -0.3 is 10.5 Å². The maximum absolute atomic E-state index is 6.45. The molecule has 1 saturated heterocycles. The van der Waals surface area contributed by atoms with Crippen LogP contribution in [0.15, 0.2) is 0 Å². The molecule has 2 nitrogen and oxygen atoms in total. The maximum Gasteiger partial charge on any atom is 0.0685 e. The fourth-order valence-corrected chi connectivity index (χ4v) is 4.70. The molecular weight excluding hydrogens is 254 g/mol. The van der Waals surface area contributed by atoms with Crippen molar-refractivity contribution in [3.05, 3.63) is 0 Å². The topological polar surface area (TPSA) is 35.2 Å². The van der Waals surface area contributed by atoms with Gasteiger partial charge in [-0.1, -0.05) is 33.1 Å². The number of hydrogen-bond donors (Lipinski definition) is 1. The summed E-state index contributed by atoms with van der Waals surface area (Å²) in [7, 11) is 0. The van der Waals surface area contributed by atoms with Crippen molar-refractivity contribution >= 4 is 11.8 Å². The van der Waals surface area contributed by atoms with Crippen LogP contribution in [0.1, 0.15) is 58.8 Å². The van der Waals surface area contributed by atoms with Crippen molar-refractivity contribution in [1.82, 2.24) is 0 Å². The van der Waals surface area contributed by atoms with Gasteiger partial charge in [-0.05, 0) is 43.3 Å². The third kappa shape index (κ3) is 4.64. The summed E-state index contributed by atoms with van der Waals surface area (Å²) in [6, 6.07) is 0.367. The molecule has 3 heteroatoms. The minimum absolute atomic E-state index is 0.210. The molecule has 1 heterocycles. The molecule has 0 aromatic heterocycles. The Hall–Kier alpha value is 0.270. The summed E-state index contributed by atoms with van der Waals surface area (Å²) in [4.78, 5) is 0. The van der Waals surface area contributed by atoms with Gasteiger partial charge in [-0.15, -0.1) is 0 Å². The summed E-state index contributed by atoms with van der Waals surface area (Å²) in [5, 5.41) is 0. The van der Waals surface area contributed by atoms with Gasteiger partial charge in [0, 0.05) is 18.4 Å². The van der Waals surface area contributed by atoms with Gasteiger partial charge in [-0.25, -0.2) is 0 Å². The summed E-state index contributed by atoms with van der Waals surface area (Å²) < 4.78 is 6.17. The first-order valence-electron chi connectivity index (χ1n) is 8.09. The van der Waals surface area contributed by atoms with E-state index in [0.29, 0.717) is 12.0 Å². The molecule has 0 radical (unpaired) electrons. The van der Waals surface area contributed by atoms with Gasteiger partial charge in [0.25, 0.3) is 0 Å². The number of hydrogen-bond acceptors (Lipinski definition) is 3. The molecular formula is C16H31NOS. The fraction of sp³-hybridized carbons (Fsp3) is 1.00. The lowest BCUT2D eigenvalue weighted by atomic mass is 9.74. The minimum Gasteiger partial charge on any atom is -0.375 e. The maximum atomic E-state index is 6.45. The number of nitrogens with two attached hydrogens (primary N) is 1. The Morgan fingerprint density at radius 2 is 1.95 bits per heavy atom. The molecule has 2 aliphatic rings. The molecule has 0 aromatic rings. The average molecular weight is 285 g/mol. The molecule has 2 N–H and O–H groups in total. The highest BCUT2D eigenvalue weighted by Crippen LogP contribution is 2.41. The second-order valence-electron chi connectivity index (χ2n) is 6.94. The molecule has 0 bridgehead atoms. The van der Waals surface area contributed by atoms with Crippen LogP contribution in [-0.2, 0) is 4.74 Å². The molecule has 2 fully saturated rings. The van der Waals surface area contributed by atoms with E-state index in [0.717, 1.165) is 18.3 Å². The Labute approximate surface area is 123 Å². The normalized spacial score (nSPS) is 28.7. The number of rotatable bonds is 5. The first-order valence-corrected chi connectivity index (χ1v) is 9.24. The Morgan fingerprint density at radius 3 is 2.63 bits per heavy atom. The van der Waals surface area contributed by atoms with E-state index in [2.05, 4.69) is 13.8 Å². The summed E-state index contributed by atoms with van der Waals surface area (Å²) in [6.45, 7) is 5.50. The van der Waals surface area contributed by atoms with Gasteiger partial charge in [-0.3, -0.25) is 0 Å². The van der Waals surface area contributed by atoms with Gasteiger partial charge in [0.15, 0.2) is 0 Å².